The minimum absolute atomic E-state index is 1.60. The van der Waals surface area contributed by atoms with Crippen molar-refractivity contribution in [1.82, 2.24) is 0 Å². The van der Waals surface area contributed by atoms with E-state index in [1.165, 1.54) is 0 Å². The molecule has 0 aromatic carbocycles. The van der Waals surface area contributed by atoms with Gasteiger partial charge in [-0.3, -0.25) is 0 Å². The molecule has 0 aliphatic heterocycles. The van der Waals surface area contributed by atoms with Crippen LogP contribution in [0.25, 0.3) is 0 Å². The van der Waals surface area contributed by atoms with Crippen molar-refractivity contribution in [2.24, 2.45) is 0 Å². The Balaban J connectivity index is 4.07. The molecule has 0 fully saturated rings. The van der Waals surface area contributed by atoms with Gasteiger partial charge in [-0.1, -0.05) is 0 Å². The molecule has 0 atom stereocenters. The van der Waals surface area contributed by atoms with E-state index in [2.05, 4.69) is 3.27 Å². The van der Waals surface area contributed by atoms with Crippen LogP contribution in [0.4, 0.5) is 3.89 Å². The summed E-state index contributed by atoms with van der Waals surface area (Å²) in [7, 11) is -4.71. The standard InChI is InChI=1S/C3H9FO3SSe/c1-9(2,3)7-8(4,5)6/h1-3H3. The van der Waals surface area contributed by atoms with Crippen molar-refractivity contribution >= 4 is 23.7 Å². The van der Waals surface area contributed by atoms with Crippen molar-refractivity contribution < 1.29 is 15.6 Å². The van der Waals surface area contributed by atoms with Crippen molar-refractivity contribution in [3.63, 3.8) is 0 Å². The Morgan fingerprint density at radius 1 is 1.33 bits per heavy atom. The van der Waals surface area contributed by atoms with E-state index in [1.807, 2.05) is 0 Å². The van der Waals surface area contributed by atoms with Gasteiger partial charge in [0.25, 0.3) is 0 Å². The van der Waals surface area contributed by atoms with E-state index < -0.39 is 23.7 Å². The Morgan fingerprint density at radius 3 is 1.67 bits per heavy atom. The summed E-state index contributed by atoms with van der Waals surface area (Å²) in [6, 6.07) is 0. The molecule has 0 rings (SSSR count). The first-order valence-corrected chi connectivity index (χ1v) is 9.19. The fourth-order valence-electron chi connectivity index (χ4n) is 0.244. The molecule has 0 spiro atoms. The molecule has 0 aromatic rings. The molecule has 0 saturated carbocycles. The second-order valence-corrected chi connectivity index (χ2v) is 11.2. The molecular weight excluding hydrogens is 214 g/mol. The van der Waals surface area contributed by atoms with Crippen LogP contribution in [-0.2, 0) is 13.8 Å². The maximum atomic E-state index is 11.7. The summed E-state index contributed by atoms with van der Waals surface area (Å²) < 4.78 is 35.4. The Hall–Kier alpha value is 0.359. The zero-order chi connectivity index (χ0) is 7.71. The van der Waals surface area contributed by atoms with E-state index in [1.54, 1.807) is 17.5 Å². The van der Waals surface area contributed by atoms with Crippen LogP contribution in [0.5, 0.6) is 0 Å². The van der Waals surface area contributed by atoms with Gasteiger partial charge < -0.3 is 0 Å². The first-order valence-electron chi connectivity index (χ1n) is 2.05. The molecule has 6 heteroatoms. The van der Waals surface area contributed by atoms with Crippen LogP contribution in [0.15, 0.2) is 0 Å². The third-order valence-corrected chi connectivity index (χ3v) is 4.45. The summed E-state index contributed by atoms with van der Waals surface area (Å²) in [5.74, 6) is 4.81. The molecule has 58 valence electrons. The zero-order valence-electron chi connectivity index (χ0n) is 5.42. The minimum atomic E-state index is -4.71. The van der Waals surface area contributed by atoms with Crippen molar-refractivity contribution in [2.45, 2.75) is 17.5 Å². The van der Waals surface area contributed by atoms with Gasteiger partial charge >= 0.3 is 56.7 Å². The predicted molar refractivity (Wildman–Crippen MR) is 34.5 cm³/mol. The summed E-state index contributed by atoms with van der Waals surface area (Å²) in [6.07, 6.45) is 0. The van der Waals surface area contributed by atoms with Crippen LogP contribution >= 0.6 is 0 Å². The fraction of sp³-hybridized carbons (Fsp3) is 1.00. The molecule has 0 radical (unpaired) electrons. The SMILES string of the molecule is C[Se](C)(C)OS(=O)(=O)F. The first kappa shape index (κ1) is 9.36. The van der Waals surface area contributed by atoms with Crippen LogP contribution in [0.3, 0.4) is 0 Å². The van der Waals surface area contributed by atoms with Gasteiger partial charge in [0.05, 0.1) is 0 Å². The van der Waals surface area contributed by atoms with Crippen LogP contribution in [0.2, 0.25) is 17.5 Å². The Kier molecular flexibility index (Phi) is 2.64. The summed E-state index contributed by atoms with van der Waals surface area (Å²) in [5.41, 5.74) is 0. The fourth-order valence-corrected chi connectivity index (χ4v) is 3.80. The van der Waals surface area contributed by atoms with Gasteiger partial charge in [0, 0.05) is 0 Å². The number of halogens is 1. The Labute approximate surface area is 57.2 Å². The Morgan fingerprint density at radius 2 is 1.67 bits per heavy atom. The number of hydrogen-bond acceptors (Lipinski definition) is 3. The molecule has 0 unspecified atom stereocenters. The number of rotatable bonds is 2. The van der Waals surface area contributed by atoms with Crippen LogP contribution in [0.1, 0.15) is 0 Å². The average molecular weight is 223 g/mol. The third kappa shape index (κ3) is 8.36. The summed E-state index contributed by atoms with van der Waals surface area (Å²) in [5, 5.41) is 0. The normalized spacial score (nSPS) is 15.6. The van der Waals surface area contributed by atoms with E-state index in [0.717, 1.165) is 0 Å². The summed E-state index contributed by atoms with van der Waals surface area (Å²) >= 11 is -2.42. The van der Waals surface area contributed by atoms with E-state index in [-0.39, 0.29) is 0 Å². The second-order valence-electron chi connectivity index (χ2n) is 2.19. The van der Waals surface area contributed by atoms with Crippen molar-refractivity contribution in [2.75, 3.05) is 0 Å². The molecule has 0 amide bonds. The van der Waals surface area contributed by atoms with Gasteiger partial charge in [0.1, 0.15) is 0 Å². The number of hydrogen-bond donors (Lipinski definition) is 0. The molecule has 0 bridgehead atoms. The summed E-state index contributed by atoms with van der Waals surface area (Å²) in [4.78, 5) is 0. The first-order chi connectivity index (χ1) is 3.71. The van der Waals surface area contributed by atoms with Crippen LogP contribution < -0.4 is 0 Å². The van der Waals surface area contributed by atoms with E-state index in [9.17, 15) is 12.3 Å². The summed E-state index contributed by atoms with van der Waals surface area (Å²) in [6.45, 7) is 0. The molecule has 0 aliphatic rings. The maximum absolute atomic E-state index is 11.7. The predicted octanol–water partition coefficient (Wildman–Crippen LogP) is 1.05. The van der Waals surface area contributed by atoms with E-state index in [0.29, 0.717) is 0 Å². The zero-order valence-corrected chi connectivity index (χ0v) is 7.95. The molecule has 3 nitrogen and oxygen atoms in total. The van der Waals surface area contributed by atoms with E-state index >= 15 is 0 Å². The monoisotopic (exact) mass is 224 g/mol. The van der Waals surface area contributed by atoms with Crippen molar-refractivity contribution in [1.29, 1.82) is 0 Å². The van der Waals surface area contributed by atoms with Crippen LogP contribution in [-0.4, -0.2) is 21.6 Å². The molecular formula is C3H9FO3SSe. The van der Waals surface area contributed by atoms with Gasteiger partial charge in [-0.25, -0.2) is 0 Å². The van der Waals surface area contributed by atoms with Gasteiger partial charge in [-0.15, -0.1) is 0 Å². The van der Waals surface area contributed by atoms with Gasteiger partial charge in [0.2, 0.25) is 0 Å². The van der Waals surface area contributed by atoms with E-state index in [4.69, 9.17) is 0 Å². The molecule has 0 aliphatic carbocycles. The van der Waals surface area contributed by atoms with Crippen LogP contribution in [0, 0.1) is 0 Å². The third-order valence-electron chi connectivity index (χ3n) is 0.285. The van der Waals surface area contributed by atoms with Gasteiger partial charge in [-0.2, -0.15) is 0 Å². The topological polar surface area (TPSA) is 43.4 Å². The molecule has 0 heterocycles. The quantitative estimate of drug-likeness (QED) is 0.519. The average Bonchev–Trinajstić information content (AvgIpc) is 1.14. The molecule has 0 aromatic heterocycles. The molecule has 0 N–H and O–H groups in total. The Bertz CT molecular complexity index is 180. The molecule has 0 saturated heterocycles. The second kappa shape index (κ2) is 2.54. The van der Waals surface area contributed by atoms with Crippen molar-refractivity contribution in [3.8, 4) is 0 Å². The van der Waals surface area contributed by atoms with Crippen molar-refractivity contribution in [3.05, 3.63) is 0 Å². The molecule has 9 heavy (non-hydrogen) atoms. The van der Waals surface area contributed by atoms with Gasteiger partial charge in [0.15, 0.2) is 0 Å². The van der Waals surface area contributed by atoms with Gasteiger partial charge in [-0.05, 0) is 0 Å².